The van der Waals surface area contributed by atoms with Crippen molar-refractivity contribution in [3.63, 3.8) is 0 Å². The lowest BCUT2D eigenvalue weighted by Crippen LogP contribution is -2.35. The lowest BCUT2D eigenvalue weighted by Gasteiger charge is -2.21. The molecule has 0 aliphatic carbocycles. The topological polar surface area (TPSA) is 48.3 Å². The van der Waals surface area contributed by atoms with E-state index in [9.17, 15) is 9.59 Å². The van der Waals surface area contributed by atoms with Crippen LogP contribution in [0.15, 0.2) is 47.3 Å². The quantitative estimate of drug-likeness (QED) is 0.751. The molecule has 0 N–H and O–H groups in total. The van der Waals surface area contributed by atoms with E-state index in [1.807, 2.05) is 30.3 Å². The van der Waals surface area contributed by atoms with E-state index in [1.165, 1.54) is 0 Å². The SMILES string of the molecule is CC(C)(C)OC(=O)n1c(CBr)ccc(-c2ccccc2)c1=O. The normalized spacial score (nSPS) is 11.3. The molecule has 1 aromatic heterocycles. The largest absolute Gasteiger partial charge is 0.443 e. The fourth-order valence-corrected chi connectivity index (χ4v) is 2.46. The second-order valence-corrected chi connectivity index (χ2v) is 6.42. The highest BCUT2D eigenvalue weighted by Gasteiger charge is 2.22. The van der Waals surface area contributed by atoms with Crippen molar-refractivity contribution in [2.45, 2.75) is 31.7 Å². The Hall–Kier alpha value is -1.88. The fraction of sp³-hybridized carbons (Fsp3) is 0.294. The number of alkyl halides is 1. The van der Waals surface area contributed by atoms with Crippen molar-refractivity contribution in [1.82, 2.24) is 4.57 Å². The molecule has 0 bridgehead atoms. The zero-order valence-corrected chi connectivity index (χ0v) is 14.4. The maximum Gasteiger partial charge on any atom is 0.421 e. The third-order valence-electron chi connectivity index (χ3n) is 2.96. The predicted octanol–water partition coefficient (Wildman–Crippen LogP) is 4.19. The third kappa shape index (κ3) is 3.65. The average molecular weight is 364 g/mol. The molecule has 0 radical (unpaired) electrons. The van der Waals surface area contributed by atoms with Crippen LogP contribution in [-0.4, -0.2) is 16.3 Å². The third-order valence-corrected chi connectivity index (χ3v) is 3.54. The average Bonchev–Trinajstić information content (AvgIpc) is 2.45. The van der Waals surface area contributed by atoms with E-state index in [4.69, 9.17) is 4.74 Å². The van der Waals surface area contributed by atoms with E-state index in [0.717, 1.165) is 10.1 Å². The molecule has 0 unspecified atom stereocenters. The van der Waals surface area contributed by atoms with Gasteiger partial charge in [-0.25, -0.2) is 9.36 Å². The summed E-state index contributed by atoms with van der Waals surface area (Å²) in [6.45, 7) is 5.31. The number of pyridine rings is 1. The second kappa shape index (κ2) is 6.48. The molecular weight excluding hydrogens is 346 g/mol. The standard InChI is InChI=1S/C17H18BrNO3/c1-17(2,3)22-16(21)19-13(11-18)9-10-14(15(19)20)12-7-5-4-6-8-12/h4-10H,11H2,1-3H3. The zero-order chi connectivity index (χ0) is 16.3. The summed E-state index contributed by atoms with van der Waals surface area (Å²) in [5, 5.41) is 0.385. The van der Waals surface area contributed by atoms with Gasteiger partial charge in [-0.15, -0.1) is 0 Å². The van der Waals surface area contributed by atoms with Crippen LogP contribution in [0.25, 0.3) is 11.1 Å². The van der Waals surface area contributed by atoms with Gasteiger partial charge in [0.1, 0.15) is 5.60 Å². The first kappa shape index (κ1) is 16.5. The summed E-state index contributed by atoms with van der Waals surface area (Å²) in [4.78, 5) is 25.1. The molecule has 2 rings (SSSR count). The number of nitrogens with zero attached hydrogens (tertiary/aromatic N) is 1. The van der Waals surface area contributed by atoms with Crippen molar-refractivity contribution in [2.75, 3.05) is 0 Å². The Morgan fingerprint density at radius 3 is 2.32 bits per heavy atom. The number of halogens is 1. The molecule has 0 fully saturated rings. The minimum Gasteiger partial charge on any atom is -0.443 e. The number of hydrogen-bond acceptors (Lipinski definition) is 3. The van der Waals surface area contributed by atoms with E-state index in [-0.39, 0.29) is 5.56 Å². The van der Waals surface area contributed by atoms with Crippen molar-refractivity contribution < 1.29 is 9.53 Å². The molecule has 1 heterocycles. The number of aromatic nitrogens is 1. The summed E-state index contributed by atoms with van der Waals surface area (Å²) < 4.78 is 6.43. The van der Waals surface area contributed by atoms with E-state index in [2.05, 4.69) is 15.9 Å². The van der Waals surface area contributed by atoms with Gasteiger partial charge in [0.05, 0.1) is 0 Å². The van der Waals surface area contributed by atoms with Gasteiger partial charge in [0.15, 0.2) is 0 Å². The highest BCUT2D eigenvalue weighted by Crippen LogP contribution is 2.17. The van der Waals surface area contributed by atoms with Crippen LogP contribution >= 0.6 is 15.9 Å². The Labute approximate surface area is 137 Å². The van der Waals surface area contributed by atoms with Crippen LogP contribution in [0.4, 0.5) is 4.79 Å². The Bertz CT molecular complexity index is 730. The number of benzene rings is 1. The van der Waals surface area contributed by atoms with Crippen molar-refractivity contribution >= 4 is 22.0 Å². The molecule has 2 aromatic rings. The molecule has 0 saturated carbocycles. The molecule has 0 aliphatic rings. The first-order chi connectivity index (χ1) is 10.3. The Kier molecular flexibility index (Phi) is 4.86. The summed E-state index contributed by atoms with van der Waals surface area (Å²) in [5.74, 6) is 0. The number of rotatable bonds is 2. The van der Waals surface area contributed by atoms with Crippen molar-refractivity contribution in [1.29, 1.82) is 0 Å². The fourth-order valence-electron chi connectivity index (χ4n) is 2.03. The molecule has 5 heteroatoms. The smallest absolute Gasteiger partial charge is 0.421 e. The number of ether oxygens (including phenoxy) is 1. The zero-order valence-electron chi connectivity index (χ0n) is 12.8. The monoisotopic (exact) mass is 363 g/mol. The predicted molar refractivity (Wildman–Crippen MR) is 90.4 cm³/mol. The highest BCUT2D eigenvalue weighted by atomic mass is 79.9. The molecular formula is C17H18BrNO3. The maximum absolute atomic E-state index is 12.7. The van der Waals surface area contributed by atoms with Crippen molar-refractivity contribution in [2.24, 2.45) is 0 Å². The van der Waals surface area contributed by atoms with Gasteiger partial charge < -0.3 is 4.74 Å². The van der Waals surface area contributed by atoms with Crippen LogP contribution in [0.3, 0.4) is 0 Å². The van der Waals surface area contributed by atoms with E-state index in [1.54, 1.807) is 32.9 Å². The first-order valence-corrected chi connectivity index (χ1v) is 8.05. The van der Waals surface area contributed by atoms with Gasteiger partial charge in [-0.2, -0.15) is 0 Å². The molecule has 0 saturated heterocycles. The summed E-state index contributed by atoms with van der Waals surface area (Å²) in [5.41, 5.74) is 0.751. The van der Waals surface area contributed by atoms with Crippen molar-refractivity contribution in [3.05, 3.63) is 58.5 Å². The summed E-state index contributed by atoms with van der Waals surface area (Å²) in [6, 6.07) is 12.7. The van der Waals surface area contributed by atoms with Gasteiger partial charge in [-0.05, 0) is 38.5 Å². The molecule has 1 aromatic carbocycles. The lowest BCUT2D eigenvalue weighted by atomic mass is 10.1. The van der Waals surface area contributed by atoms with Gasteiger partial charge in [-0.1, -0.05) is 46.3 Å². The first-order valence-electron chi connectivity index (χ1n) is 6.93. The van der Waals surface area contributed by atoms with Crippen LogP contribution < -0.4 is 5.56 Å². The molecule has 4 nitrogen and oxygen atoms in total. The molecule has 0 aliphatic heterocycles. The molecule has 0 spiro atoms. The van der Waals surface area contributed by atoms with Gasteiger partial charge in [0.2, 0.25) is 0 Å². The van der Waals surface area contributed by atoms with E-state index in [0.29, 0.717) is 16.6 Å². The van der Waals surface area contributed by atoms with Gasteiger partial charge in [0.25, 0.3) is 5.56 Å². The van der Waals surface area contributed by atoms with Gasteiger partial charge >= 0.3 is 6.09 Å². The van der Waals surface area contributed by atoms with Gasteiger partial charge in [0, 0.05) is 16.6 Å². The van der Waals surface area contributed by atoms with Crippen LogP contribution in [-0.2, 0) is 10.1 Å². The van der Waals surface area contributed by atoms with Crippen LogP contribution in [0.2, 0.25) is 0 Å². The second-order valence-electron chi connectivity index (χ2n) is 5.86. The van der Waals surface area contributed by atoms with Gasteiger partial charge in [-0.3, -0.25) is 4.79 Å². The van der Waals surface area contributed by atoms with Crippen LogP contribution in [0.5, 0.6) is 0 Å². The summed E-state index contributed by atoms with van der Waals surface area (Å²) in [7, 11) is 0. The molecule has 22 heavy (non-hydrogen) atoms. The Balaban J connectivity index is 2.57. The van der Waals surface area contributed by atoms with Crippen molar-refractivity contribution in [3.8, 4) is 11.1 Å². The van der Waals surface area contributed by atoms with Crippen LogP contribution in [0, 0.1) is 0 Å². The number of hydrogen-bond donors (Lipinski definition) is 0. The molecule has 116 valence electrons. The molecule has 0 amide bonds. The number of carbonyl (C=O) groups excluding carboxylic acids is 1. The lowest BCUT2D eigenvalue weighted by molar-refractivity contribution is 0.0527. The minimum absolute atomic E-state index is 0.377. The van der Waals surface area contributed by atoms with E-state index >= 15 is 0 Å². The van der Waals surface area contributed by atoms with Crippen LogP contribution in [0.1, 0.15) is 26.5 Å². The van der Waals surface area contributed by atoms with E-state index < -0.39 is 11.7 Å². The minimum atomic E-state index is -0.664. The summed E-state index contributed by atoms with van der Waals surface area (Å²) in [6.07, 6.45) is -0.662. The number of carbonyl (C=O) groups is 1. The summed E-state index contributed by atoms with van der Waals surface area (Å²) >= 11 is 3.30. The Morgan fingerprint density at radius 2 is 1.77 bits per heavy atom. The highest BCUT2D eigenvalue weighted by molar-refractivity contribution is 9.08. The molecule has 0 atom stereocenters. The Morgan fingerprint density at radius 1 is 1.14 bits per heavy atom. The maximum atomic E-state index is 12.7.